The van der Waals surface area contributed by atoms with Crippen LogP contribution in [-0.4, -0.2) is 49.1 Å². The van der Waals surface area contributed by atoms with Gasteiger partial charge in [0.2, 0.25) is 5.91 Å². The number of likely N-dealkylation sites (tertiary alicyclic amines) is 1. The van der Waals surface area contributed by atoms with Crippen LogP contribution < -0.4 is 10.6 Å². The van der Waals surface area contributed by atoms with Gasteiger partial charge in [0, 0.05) is 31.6 Å². The van der Waals surface area contributed by atoms with E-state index < -0.39 is 0 Å². The van der Waals surface area contributed by atoms with E-state index in [-0.39, 0.29) is 5.91 Å². The van der Waals surface area contributed by atoms with Gasteiger partial charge < -0.3 is 15.5 Å². The molecule has 0 aromatic rings. The fraction of sp³-hybridized carbons (Fsp3) is 0.941. The molecule has 2 N–H and O–H groups in total. The zero-order chi connectivity index (χ0) is 14.5. The topological polar surface area (TPSA) is 44.4 Å². The molecule has 0 aromatic carbocycles. The van der Waals surface area contributed by atoms with E-state index in [1.54, 1.807) is 0 Å². The zero-order valence-corrected chi connectivity index (χ0v) is 13.3. The normalized spacial score (nSPS) is 33.6. The summed E-state index contributed by atoms with van der Waals surface area (Å²) in [6, 6.07) is 1.39. The van der Waals surface area contributed by atoms with Gasteiger partial charge in [-0.15, -0.1) is 0 Å². The molecule has 1 amide bonds. The lowest BCUT2D eigenvalue weighted by Gasteiger charge is -2.28. The Morgan fingerprint density at radius 1 is 1.05 bits per heavy atom. The fourth-order valence-electron chi connectivity index (χ4n) is 4.39. The SMILES string of the molecule is O=C(CC1CC2CCC(C1)N2)NCCN1CCCCCC1. The highest BCUT2D eigenvalue weighted by atomic mass is 16.1. The molecule has 0 aliphatic carbocycles. The van der Waals surface area contributed by atoms with Crippen LogP contribution in [0.5, 0.6) is 0 Å². The van der Waals surface area contributed by atoms with Gasteiger partial charge in [-0.25, -0.2) is 0 Å². The van der Waals surface area contributed by atoms with Crippen molar-refractivity contribution in [3.05, 3.63) is 0 Å². The van der Waals surface area contributed by atoms with E-state index in [1.807, 2.05) is 0 Å². The molecule has 0 spiro atoms. The second kappa shape index (κ2) is 7.59. The van der Waals surface area contributed by atoms with Crippen LogP contribution in [-0.2, 0) is 4.79 Å². The van der Waals surface area contributed by atoms with Gasteiger partial charge in [-0.3, -0.25) is 4.79 Å². The Hall–Kier alpha value is -0.610. The lowest BCUT2D eigenvalue weighted by atomic mass is 9.89. The predicted octanol–water partition coefficient (Wildman–Crippen LogP) is 1.90. The van der Waals surface area contributed by atoms with Gasteiger partial charge in [-0.1, -0.05) is 12.8 Å². The van der Waals surface area contributed by atoms with Crippen molar-refractivity contribution in [2.24, 2.45) is 5.92 Å². The number of hydrogen-bond donors (Lipinski definition) is 2. The predicted molar refractivity (Wildman–Crippen MR) is 85.2 cm³/mol. The van der Waals surface area contributed by atoms with Gasteiger partial charge in [0.25, 0.3) is 0 Å². The zero-order valence-electron chi connectivity index (χ0n) is 13.3. The van der Waals surface area contributed by atoms with Gasteiger partial charge in [0.15, 0.2) is 0 Å². The summed E-state index contributed by atoms with van der Waals surface area (Å²) in [5.41, 5.74) is 0. The molecule has 2 bridgehead atoms. The average Bonchev–Trinajstić information content (AvgIpc) is 2.67. The number of carbonyl (C=O) groups is 1. The molecule has 3 rings (SSSR count). The fourth-order valence-corrected chi connectivity index (χ4v) is 4.39. The first kappa shape index (κ1) is 15.3. The Labute approximate surface area is 129 Å². The van der Waals surface area contributed by atoms with Crippen LogP contribution >= 0.6 is 0 Å². The second-order valence-corrected chi connectivity index (χ2v) is 7.29. The maximum Gasteiger partial charge on any atom is 0.220 e. The Morgan fingerprint density at radius 3 is 2.38 bits per heavy atom. The molecule has 4 heteroatoms. The lowest BCUT2D eigenvalue weighted by Crippen LogP contribution is -2.40. The molecule has 0 saturated carbocycles. The summed E-state index contributed by atoms with van der Waals surface area (Å²) >= 11 is 0. The minimum atomic E-state index is 0.274. The summed E-state index contributed by atoms with van der Waals surface area (Å²) in [7, 11) is 0. The molecule has 2 unspecified atom stereocenters. The van der Waals surface area contributed by atoms with Crippen molar-refractivity contribution in [2.75, 3.05) is 26.2 Å². The third kappa shape index (κ3) is 4.68. The number of amides is 1. The number of fused-ring (bicyclic) bond motifs is 2. The van der Waals surface area contributed by atoms with Crippen molar-refractivity contribution in [3.63, 3.8) is 0 Å². The summed E-state index contributed by atoms with van der Waals surface area (Å²) in [6.07, 6.45) is 11.2. The third-order valence-corrected chi connectivity index (χ3v) is 5.49. The van der Waals surface area contributed by atoms with E-state index in [0.29, 0.717) is 18.0 Å². The smallest absolute Gasteiger partial charge is 0.220 e. The Bertz CT molecular complexity index is 327. The largest absolute Gasteiger partial charge is 0.355 e. The minimum Gasteiger partial charge on any atom is -0.355 e. The standard InChI is InChI=1S/C17H31N3O/c21-17(13-14-11-15-5-6-16(12-14)19-15)18-7-10-20-8-3-1-2-4-9-20/h14-16,19H,1-13H2,(H,18,21). The number of piperidine rings is 1. The number of rotatable bonds is 5. The molecule has 3 aliphatic rings. The van der Waals surface area contributed by atoms with Crippen LogP contribution in [0.3, 0.4) is 0 Å². The van der Waals surface area contributed by atoms with E-state index in [4.69, 9.17) is 0 Å². The van der Waals surface area contributed by atoms with E-state index >= 15 is 0 Å². The highest BCUT2D eigenvalue weighted by Gasteiger charge is 2.34. The van der Waals surface area contributed by atoms with Gasteiger partial charge in [-0.2, -0.15) is 0 Å². The van der Waals surface area contributed by atoms with Crippen LogP contribution in [0.15, 0.2) is 0 Å². The van der Waals surface area contributed by atoms with Crippen molar-refractivity contribution in [1.29, 1.82) is 0 Å². The van der Waals surface area contributed by atoms with E-state index in [2.05, 4.69) is 15.5 Å². The average molecular weight is 293 g/mol. The first-order chi connectivity index (χ1) is 10.3. The van der Waals surface area contributed by atoms with Crippen LogP contribution in [0.25, 0.3) is 0 Å². The molecule has 0 radical (unpaired) electrons. The van der Waals surface area contributed by atoms with E-state index in [0.717, 1.165) is 19.5 Å². The Balaban J connectivity index is 1.31. The van der Waals surface area contributed by atoms with Crippen molar-refractivity contribution in [1.82, 2.24) is 15.5 Å². The summed E-state index contributed by atoms with van der Waals surface area (Å²) in [5.74, 6) is 0.887. The molecule has 120 valence electrons. The van der Waals surface area contributed by atoms with Gasteiger partial charge >= 0.3 is 0 Å². The van der Waals surface area contributed by atoms with Gasteiger partial charge in [0.1, 0.15) is 0 Å². The Morgan fingerprint density at radius 2 is 1.71 bits per heavy atom. The Kier molecular flexibility index (Phi) is 5.53. The molecule has 3 aliphatic heterocycles. The van der Waals surface area contributed by atoms with Crippen molar-refractivity contribution in [3.8, 4) is 0 Å². The highest BCUT2D eigenvalue weighted by molar-refractivity contribution is 5.76. The van der Waals surface area contributed by atoms with Crippen LogP contribution in [0.2, 0.25) is 0 Å². The third-order valence-electron chi connectivity index (χ3n) is 5.49. The minimum absolute atomic E-state index is 0.274. The molecule has 21 heavy (non-hydrogen) atoms. The highest BCUT2D eigenvalue weighted by Crippen LogP contribution is 2.32. The number of nitrogens with one attached hydrogen (secondary N) is 2. The molecule has 3 saturated heterocycles. The molecule has 3 fully saturated rings. The van der Waals surface area contributed by atoms with Crippen LogP contribution in [0.4, 0.5) is 0 Å². The maximum absolute atomic E-state index is 12.1. The van der Waals surface area contributed by atoms with Gasteiger partial charge in [0.05, 0.1) is 0 Å². The van der Waals surface area contributed by atoms with E-state index in [1.165, 1.54) is 64.5 Å². The molecule has 4 nitrogen and oxygen atoms in total. The van der Waals surface area contributed by atoms with Crippen LogP contribution in [0, 0.1) is 5.92 Å². The number of carbonyl (C=O) groups excluding carboxylic acids is 1. The maximum atomic E-state index is 12.1. The summed E-state index contributed by atoms with van der Waals surface area (Å²) in [4.78, 5) is 14.6. The molecular formula is C17H31N3O. The molecule has 3 heterocycles. The quantitative estimate of drug-likeness (QED) is 0.814. The second-order valence-electron chi connectivity index (χ2n) is 7.29. The molecular weight excluding hydrogens is 262 g/mol. The summed E-state index contributed by atoms with van der Waals surface area (Å²) in [6.45, 7) is 4.29. The van der Waals surface area contributed by atoms with Crippen molar-refractivity contribution < 1.29 is 4.79 Å². The summed E-state index contributed by atoms with van der Waals surface area (Å²) < 4.78 is 0. The lowest BCUT2D eigenvalue weighted by molar-refractivity contribution is -0.122. The summed E-state index contributed by atoms with van der Waals surface area (Å²) in [5, 5.41) is 6.79. The van der Waals surface area contributed by atoms with E-state index in [9.17, 15) is 4.79 Å². The van der Waals surface area contributed by atoms with Gasteiger partial charge in [-0.05, 0) is 57.5 Å². The number of hydrogen-bond acceptors (Lipinski definition) is 3. The molecule has 0 aromatic heterocycles. The number of nitrogens with zero attached hydrogens (tertiary/aromatic N) is 1. The van der Waals surface area contributed by atoms with Crippen molar-refractivity contribution in [2.45, 2.75) is 69.9 Å². The van der Waals surface area contributed by atoms with Crippen molar-refractivity contribution >= 4 is 5.91 Å². The monoisotopic (exact) mass is 293 g/mol. The molecule has 2 atom stereocenters. The van der Waals surface area contributed by atoms with Crippen LogP contribution in [0.1, 0.15) is 57.8 Å². The first-order valence-electron chi connectivity index (χ1n) is 9.05. The first-order valence-corrected chi connectivity index (χ1v) is 9.05.